The number of benzene rings is 1. The van der Waals surface area contributed by atoms with Gasteiger partial charge >= 0.3 is 0 Å². The van der Waals surface area contributed by atoms with E-state index >= 15 is 0 Å². The predicted octanol–water partition coefficient (Wildman–Crippen LogP) is 5.90. The van der Waals surface area contributed by atoms with E-state index in [9.17, 15) is 4.39 Å². The van der Waals surface area contributed by atoms with Crippen LogP contribution >= 0.6 is 59.1 Å². The second kappa shape index (κ2) is 5.29. The van der Waals surface area contributed by atoms with Crippen LogP contribution in [0, 0.1) is 5.82 Å². The highest BCUT2D eigenvalue weighted by Gasteiger charge is 2.13. The van der Waals surface area contributed by atoms with Gasteiger partial charge in [0.15, 0.2) is 0 Å². The Balaban J connectivity index is 2.33. The predicted molar refractivity (Wildman–Crippen MR) is 76.9 cm³/mol. The van der Waals surface area contributed by atoms with Crippen LogP contribution in [0.5, 0.6) is 0 Å². The molecule has 84 valence electrons. The van der Waals surface area contributed by atoms with E-state index in [2.05, 4.69) is 47.8 Å². The van der Waals surface area contributed by atoms with E-state index in [0.717, 1.165) is 9.35 Å². The van der Waals surface area contributed by atoms with Crippen molar-refractivity contribution in [3.05, 3.63) is 54.8 Å². The van der Waals surface area contributed by atoms with Gasteiger partial charge in [0, 0.05) is 4.88 Å². The number of halogens is 4. The highest BCUT2D eigenvalue weighted by atomic mass is 79.9. The molecule has 2 rings (SSSR count). The summed E-state index contributed by atoms with van der Waals surface area (Å²) in [5.74, 6) is -0.240. The molecule has 0 amide bonds. The first kappa shape index (κ1) is 12.7. The standard InChI is InChI=1S/C11H6Br3FS/c12-7-5-6(1-2-8(7)15)11(14)9-3-4-10(13)16-9/h1-5,11H. The molecule has 2 aromatic rings. The molecule has 5 heteroatoms. The maximum atomic E-state index is 13.1. The molecule has 1 heterocycles. The maximum Gasteiger partial charge on any atom is 0.137 e. The molecule has 0 nitrogen and oxygen atoms in total. The van der Waals surface area contributed by atoms with Crippen molar-refractivity contribution >= 4 is 59.1 Å². The van der Waals surface area contributed by atoms with E-state index in [1.54, 1.807) is 23.5 Å². The summed E-state index contributed by atoms with van der Waals surface area (Å²) in [6, 6.07) is 9.10. The largest absolute Gasteiger partial charge is 0.206 e. The van der Waals surface area contributed by atoms with E-state index in [0.29, 0.717) is 4.47 Å². The molecular formula is C11H6Br3FS. The third kappa shape index (κ3) is 2.75. The van der Waals surface area contributed by atoms with Crippen molar-refractivity contribution in [1.29, 1.82) is 0 Å². The molecule has 1 aromatic carbocycles. The van der Waals surface area contributed by atoms with Crippen molar-refractivity contribution in [2.75, 3.05) is 0 Å². The molecule has 16 heavy (non-hydrogen) atoms. The van der Waals surface area contributed by atoms with Gasteiger partial charge in [0.1, 0.15) is 5.82 Å². The normalized spacial score (nSPS) is 12.8. The molecule has 0 fully saturated rings. The van der Waals surface area contributed by atoms with Gasteiger partial charge in [-0.1, -0.05) is 22.0 Å². The highest BCUT2D eigenvalue weighted by Crippen LogP contribution is 2.37. The Morgan fingerprint density at radius 1 is 1.12 bits per heavy atom. The number of rotatable bonds is 2. The highest BCUT2D eigenvalue weighted by molar-refractivity contribution is 9.11. The smallest absolute Gasteiger partial charge is 0.137 e. The molecule has 0 aliphatic rings. The van der Waals surface area contributed by atoms with Gasteiger partial charge in [0.2, 0.25) is 0 Å². The second-order valence-corrected chi connectivity index (χ2v) is 7.44. The average Bonchev–Trinajstić information content (AvgIpc) is 2.68. The number of hydrogen-bond acceptors (Lipinski definition) is 1. The van der Waals surface area contributed by atoms with Crippen LogP contribution in [-0.2, 0) is 0 Å². The molecule has 0 saturated carbocycles. The SMILES string of the molecule is Fc1ccc(C(Br)c2ccc(Br)s2)cc1Br. The lowest BCUT2D eigenvalue weighted by molar-refractivity contribution is 0.620. The first-order valence-corrected chi connectivity index (χ1v) is 7.74. The van der Waals surface area contributed by atoms with Crippen LogP contribution in [0.2, 0.25) is 0 Å². The van der Waals surface area contributed by atoms with Crippen LogP contribution < -0.4 is 0 Å². The lowest BCUT2D eigenvalue weighted by Crippen LogP contribution is -1.90. The van der Waals surface area contributed by atoms with Crippen LogP contribution in [0.15, 0.2) is 38.6 Å². The Kier molecular flexibility index (Phi) is 4.21. The zero-order valence-electron chi connectivity index (χ0n) is 7.88. The van der Waals surface area contributed by atoms with E-state index in [1.165, 1.54) is 10.9 Å². The van der Waals surface area contributed by atoms with E-state index in [4.69, 9.17) is 0 Å². The van der Waals surface area contributed by atoms with E-state index in [-0.39, 0.29) is 10.6 Å². The van der Waals surface area contributed by atoms with Crippen LogP contribution in [-0.4, -0.2) is 0 Å². The zero-order valence-corrected chi connectivity index (χ0v) is 13.5. The summed E-state index contributed by atoms with van der Waals surface area (Å²) in [6.07, 6.45) is 0. The molecule has 1 atom stereocenters. The van der Waals surface area contributed by atoms with Crippen LogP contribution in [0.4, 0.5) is 4.39 Å². The first-order valence-electron chi connectivity index (χ1n) is 4.42. The Bertz CT molecular complexity index is 510. The van der Waals surface area contributed by atoms with Crippen molar-refractivity contribution in [1.82, 2.24) is 0 Å². The van der Waals surface area contributed by atoms with Gasteiger partial charge in [0.05, 0.1) is 13.1 Å². The van der Waals surface area contributed by atoms with Gasteiger partial charge in [-0.2, -0.15) is 0 Å². The van der Waals surface area contributed by atoms with Crippen LogP contribution in [0.1, 0.15) is 15.3 Å². The molecule has 0 radical (unpaired) electrons. The third-order valence-electron chi connectivity index (χ3n) is 2.08. The summed E-state index contributed by atoms with van der Waals surface area (Å²) >= 11 is 11.9. The lowest BCUT2D eigenvalue weighted by Gasteiger charge is -2.08. The average molecular weight is 429 g/mol. The quantitative estimate of drug-likeness (QED) is 0.522. The van der Waals surface area contributed by atoms with Gasteiger partial charge in [-0.25, -0.2) is 4.39 Å². The van der Waals surface area contributed by atoms with Crippen LogP contribution in [0.3, 0.4) is 0 Å². The summed E-state index contributed by atoms with van der Waals surface area (Å²) < 4.78 is 14.7. The van der Waals surface area contributed by atoms with E-state index in [1.807, 2.05) is 12.1 Å². The molecule has 0 aliphatic heterocycles. The van der Waals surface area contributed by atoms with Crippen LogP contribution in [0.25, 0.3) is 0 Å². The van der Waals surface area contributed by atoms with Gasteiger partial charge in [-0.15, -0.1) is 11.3 Å². The minimum absolute atomic E-state index is 0.0979. The van der Waals surface area contributed by atoms with Crippen molar-refractivity contribution < 1.29 is 4.39 Å². The Morgan fingerprint density at radius 3 is 2.44 bits per heavy atom. The summed E-state index contributed by atoms with van der Waals surface area (Å²) in [5, 5.41) is 0. The van der Waals surface area contributed by atoms with Gasteiger partial charge < -0.3 is 0 Å². The van der Waals surface area contributed by atoms with Gasteiger partial charge in [0.25, 0.3) is 0 Å². The minimum Gasteiger partial charge on any atom is -0.206 e. The zero-order chi connectivity index (χ0) is 11.7. The summed E-state index contributed by atoms with van der Waals surface area (Å²) in [5.41, 5.74) is 1.03. The molecule has 0 bridgehead atoms. The Morgan fingerprint density at radius 2 is 1.88 bits per heavy atom. The molecule has 0 aliphatic carbocycles. The minimum atomic E-state index is -0.240. The Labute approximate surface area is 122 Å². The fourth-order valence-electron chi connectivity index (χ4n) is 1.30. The molecule has 1 aromatic heterocycles. The molecular weight excluding hydrogens is 423 g/mol. The van der Waals surface area contributed by atoms with Gasteiger partial charge in [-0.3, -0.25) is 0 Å². The first-order chi connectivity index (χ1) is 7.58. The summed E-state index contributed by atoms with van der Waals surface area (Å²) in [7, 11) is 0. The maximum absolute atomic E-state index is 13.1. The third-order valence-corrected chi connectivity index (χ3v) is 5.70. The second-order valence-electron chi connectivity index (χ2n) is 3.18. The van der Waals surface area contributed by atoms with E-state index < -0.39 is 0 Å². The number of alkyl halides is 1. The Hall–Kier alpha value is 0.290. The summed E-state index contributed by atoms with van der Waals surface area (Å²) in [6.45, 7) is 0. The van der Waals surface area contributed by atoms with Crippen molar-refractivity contribution in [3.8, 4) is 0 Å². The van der Waals surface area contributed by atoms with Crippen molar-refractivity contribution in [2.24, 2.45) is 0 Å². The summed E-state index contributed by atoms with van der Waals surface area (Å²) in [4.78, 5) is 1.28. The van der Waals surface area contributed by atoms with Crippen molar-refractivity contribution in [2.45, 2.75) is 4.83 Å². The topological polar surface area (TPSA) is 0 Å². The molecule has 0 saturated heterocycles. The number of hydrogen-bond donors (Lipinski definition) is 0. The monoisotopic (exact) mass is 426 g/mol. The van der Waals surface area contributed by atoms with Crippen molar-refractivity contribution in [3.63, 3.8) is 0 Å². The molecule has 0 spiro atoms. The fraction of sp³-hybridized carbons (Fsp3) is 0.0909. The lowest BCUT2D eigenvalue weighted by atomic mass is 10.1. The molecule has 0 N–H and O–H groups in total. The number of thiophene rings is 1. The fourth-order valence-corrected chi connectivity index (χ4v) is 3.84. The molecule has 1 unspecified atom stereocenters. The van der Waals surface area contributed by atoms with Gasteiger partial charge in [-0.05, 0) is 61.7 Å².